The van der Waals surface area contributed by atoms with Crippen LogP contribution in [0.3, 0.4) is 0 Å². The lowest BCUT2D eigenvalue weighted by molar-refractivity contribution is 0.470. The van der Waals surface area contributed by atoms with E-state index in [9.17, 15) is 13.9 Å². The molecule has 0 amide bonds. The van der Waals surface area contributed by atoms with Gasteiger partial charge in [-0.05, 0) is 36.8 Å². The highest BCUT2D eigenvalue weighted by Gasteiger charge is 2.10. The predicted molar refractivity (Wildman–Crippen MR) is 56.0 cm³/mol. The van der Waals surface area contributed by atoms with Crippen molar-refractivity contribution in [2.24, 2.45) is 0 Å². The summed E-state index contributed by atoms with van der Waals surface area (Å²) in [6.07, 6.45) is 1.51. The minimum atomic E-state index is -0.958. The van der Waals surface area contributed by atoms with Crippen LogP contribution >= 0.6 is 0 Å². The highest BCUT2D eigenvalue weighted by atomic mass is 19.2. The molecular formula is C12H9F2NO. The second-order valence-electron chi connectivity index (χ2n) is 3.45. The van der Waals surface area contributed by atoms with Crippen molar-refractivity contribution >= 4 is 0 Å². The summed E-state index contributed by atoms with van der Waals surface area (Å²) in [4.78, 5) is 3.94. The number of aryl methyl sites for hydroxylation is 1. The third-order valence-electron chi connectivity index (χ3n) is 2.32. The minimum Gasteiger partial charge on any atom is -0.505 e. The molecule has 4 heteroatoms. The first-order valence-electron chi connectivity index (χ1n) is 4.69. The molecule has 82 valence electrons. The molecule has 1 N–H and O–H groups in total. The SMILES string of the molecule is Cc1ccnc(-c2ccc(F)c(F)c2)c1O. The topological polar surface area (TPSA) is 33.1 Å². The third-order valence-corrected chi connectivity index (χ3v) is 2.32. The van der Waals surface area contributed by atoms with Crippen molar-refractivity contribution in [1.82, 2.24) is 4.98 Å². The Balaban J connectivity index is 2.59. The van der Waals surface area contributed by atoms with Crippen molar-refractivity contribution in [1.29, 1.82) is 0 Å². The van der Waals surface area contributed by atoms with Gasteiger partial charge in [0.1, 0.15) is 11.4 Å². The number of aromatic nitrogens is 1. The summed E-state index contributed by atoms with van der Waals surface area (Å²) < 4.78 is 25.7. The molecule has 0 saturated carbocycles. The molecule has 0 bridgehead atoms. The molecule has 0 fully saturated rings. The first-order valence-corrected chi connectivity index (χ1v) is 4.69. The third kappa shape index (κ3) is 1.74. The van der Waals surface area contributed by atoms with Crippen LogP contribution in [0.4, 0.5) is 8.78 Å². The van der Waals surface area contributed by atoms with Gasteiger partial charge in [0, 0.05) is 11.8 Å². The van der Waals surface area contributed by atoms with Crippen LogP contribution in [0.2, 0.25) is 0 Å². The molecule has 0 spiro atoms. The van der Waals surface area contributed by atoms with E-state index < -0.39 is 11.6 Å². The van der Waals surface area contributed by atoms with Gasteiger partial charge >= 0.3 is 0 Å². The number of benzene rings is 1. The molecule has 0 radical (unpaired) electrons. The molecule has 0 aliphatic heterocycles. The second-order valence-corrected chi connectivity index (χ2v) is 3.45. The van der Waals surface area contributed by atoms with E-state index in [0.717, 1.165) is 12.1 Å². The van der Waals surface area contributed by atoms with Crippen molar-refractivity contribution in [2.45, 2.75) is 6.92 Å². The standard InChI is InChI=1S/C12H9F2NO/c1-7-4-5-15-11(12(7)16)8-2-3-9(13)10(14)6-8/h2-6,16H,1H3. The number of rotatable bonds is 1. The lowest BCUT2D eigenvalue weighted by atomic mass is 10.1. The number of nitrogens with zero attached hydrogens (tertiary/aromatic N) is 1. The number of aromatic hydroxyl groups is 1. The summed E-state index contributed by atoms with van der Waals surface area (Å²) in [5, 5.41) is 9.73. The van der Waals surface area contributed by atoms with E-state index in [0.29, 0.717) is 11.1 Å². The average Bonchev–Trinajstić information content (AvgIpc) is 2.26. The first kappa shape index (κ1) is 10.5. The highest BCUT2D eigenvalue weighted by Crippen LogP contribution is 2.29. The van der Waals surface area contributed by atoms with E-state index >= 15 is 0 Å². The zero-order valence-electron chi connectivity index (χ0n) is 8.54. The maximum Gasteiger partial charge on any atom is 0.159 e. The Kier molecular flexibility index (Phi) is 2.56. The Morgan fingerprint density at radius 3 is 2.56 bits per heavy atom. The molecule has 0 saturated heterocycles. The highest BCUT2D eigenvalue weighted by molar-refractivity contribution is 5.67. The van der Waals surface area contributed by atoms with Gasteiger partial charge in [0.15, 0.2) is 11.6 Å². The van der Waals surface area contributed by atoms with Gasteiger partial charge in [0.05, 0.1) is 0 Å². The molecule has 0 unspecified atom stereocenters. The lowest BCUT2D eigenvalue weighted by Gasteiger charge is -2.06. The van der Waals surface area contributed by atoms with Gasteiger partial charge in [0.2, 0.25) is 0 Å². The molecule has 0 aliphatic carbocycles. The largest absolute Gasteiger partial charge is 0.505 e. The molecule has 1 aromatic heterocycles. The number of hydrogen-bond donors (Lipinski definition) is 1. The smallest absolute Gasteiger partial charge is 0.159 e. The molecule has 1 heterocycles. The van der Waals surface area contributed by atoms with Gasteiger partial charge < -0.3 is 5.11 Å². The summed E-state index contributed by atoms with van der Waals surface area (Å²) in [6, 6.07) is 5.03. The van der Waals surface area contributed by atoms with Gasteiger partial charge in [-0.2, -0.15) is 0 Å². The minimum absolute atomic E-state index is 0.0199. The number of hydrogen-bond acceptors (Lipinski definition) is 2. The summed E-state index contributed by atoms with van der Waals surface area (Å²) in [5.41, 5.74) is 1.23. The number of halogens is 2. The van der Waals surface area contributed by atoms with E-state index in [1.165, 1.54) is 12.3 Å². The Labute approximate surface area is 91.2 Å². The summed E-state index contributed by atoms with van der Waals surface area (Å²) in [7, 11) is 0. The number of pyridine rings is 1. The van der Waals surface area contributed by atoms with Crippen molar-refractivity contribution in [3.63, 3.8) is 0 Å². The van der Waals surface area contributed by atoms with Crippen molar-refractivity contribution in [3.05, 3.63) is 47.7 Å². The van der Waals surface area contributed by atoms with Gasteiger partial charge in [-0.3, -0.25) is 4.98 Å². The lowest BCUT2D eigenvalue weighted by Crippen LogP contribution is -1.89. The Morgan fingerprint density at radius 1 is 1.12 bits per heavy atom. The Morgan fingerprint density at radius 2 is 1.88 bits per heavy atom. The zero-order valence-corrected chi connectivity index (χ0v) is 8.54. The Bertz CT molecular complexity index is 541. The van der Waals surface area contributed by atoms with Crippen LogP contribution in [-0.4, -0.2) is 10.1 Å². The van der Waals surface area contributed by atoms with Crippen LogP contribution in [0.25, 0.3) is 11.3 Å². The zero-order chi connectivity index (χ0) is 11.7. The normalized spacial score (nSPS) is 10.4. The molecule has 0 aliphatic rings. The molecule has 16 heavy (non-hydrogen) atoms. The predicted octanol–water partition coefficient (Wildman–Crippen LogP) is 3.04. The van der Waals surface area contributed by atoms with Gasteiger partial charge in [0.25, 0.3) is 0 Å². The van der Waals surface area contributed by atoms with Crippen LogP contribution in [0.5, 0.6) is 5.75 Å². The summed E-state index contributed by atoms with van der Waals surface area (Å²) >= 11 is 0. The average molecular weight is 221 g/mol. The van der Waals surface area contributed by atoms with Crippen molar-refractivity contribution in [3.8, 4) is 17.0 Å². The van der Waals surface area contributed by atoms with E-state index in [2.05, 4.69) is 4.98 Å². The van der Waals surface area contributed by atoms with E-state index in [1.54, 1.807) is 13.0 Å². The molecule has 2 nitrogen and oxygen atoms in total. The molecule has 1 aromatic carbocycles. The maximum atomic E-state index is 13.0. The van der Waals surface area contributed by atoms with E-state index in [1.807, 2.05) is 0 Å². The van der Waals surface area contributed by atoms with Crippen LogP contribution in [0.1, 0.15) is 5.56 Å². The fraction of sp³-hybridized carbons (Fsp3) is 0.0833. The summed E-state index contributed by atoms with van der Waals surface area (Å²) in [6.45, 7) is 1.71. The van der Waals surface area contributed by atoms with Gasteiger partial charge in [-0.1, -0.05) is 0 Å². The first-order chi connectivity index (χ1) is 7.59. The van der Waals surface area contributed by atoms with Crippen molar-refractivity contribution in [2.75, 3.05) is 0 Å². The van der Waals surface area contributed by atoms with Gasteiger partial charge in [-0.25, -0.2) is 8.78 Å². The van der Waals surface area contributed by atoms with Crippen LogP contribution in [0.15, 0.2) is 30.5 Å². The molecule has 2 aromatic rings. The fourth-order valence-electron chi connectivity index (χ4n) is 1.41. The van der Waals surface area contributed by atoms with E-state index in [4.69, 9.17) is 0 Å². The molecular weight excluding hydrogens is 212 g/mol. The second kappa shape index (κ2) is 3.89. The van der Waals surface area contributed by atoms with Crippen molar-refractivity contribution < 1.29 is 13.9 Å². The monoisotopic (exact) mass is 221 g/mol. The maximum absolute atomic E-state index is 13.0. The van der Waals surface area contributed by atoms with Gasteiger partial charge in [-0.15, -0.1) is 0 Å². The van der Waals surface area contributed by atoms with Crippen LogP contribution < -0.4 is 0 Å². The van der Waals surface area contributed by atoms with Crippen LogP contribution in [-0.2, 0) is 0 Å². The summed E-state index contributed by atoms with van der Waals surface area (Å²) in [5.74, 6) is -1.90. The van der Waals surface area contributed by atoms with Crippen LogP contribution in [0, 0.1) is 18.6 Å². The quantitative estimate of drug-likeness (QED) is 0.802. The molecule has 0 atom stereocenters. The Hall–Kier alpha value is -1.97. The van der Waals surface area contributed by atoms with E-state index in [-0.39, 0.29) is 11.4 Å². The molecule has 2 rings (SSSR count). The fourth-order valence-corrected chi connectivity index (χ4v) is 1.41.